The monoisotopic (exact) mass is 246 g/mol. The van der Waals surface area contributed by atoms with Crippen LogP contribution in [0.15, 0.2) is 6.20 Å². The minimum Gasteiger partial charge on any atom is -0.364 e. The van der Waals surface area contributed by atoms with Crippen LogP contribution in [0.4, 0.5) is 5.82 Å². The lowest BCUT2D eigenvalue weighted by Crippen LogP contribution is -2.23. The predicted molar refractivity (Wildman–Crippen MR) is 57.1 cm³/mol. The van der Waals surface area contributed by atoms with Gasteiger partial charge in [-0.05, 0) is 11.6 Å². The molecular formula is C8H8Cl2N4O. The van der Waals surface area contributed by atoms with Crippen LogP contribution >= 0.6 is 23.2 Å². The highest BCUT2D eigenvalue weighted by Crippen LogP contribution is 2.21. The third-order valence-electron chi connectivity index (χ3n) is 2.03. The Balaban J connectivity index is 2.10. The van der Waals surface area contributed by atoms with Gasteiger partial charge < -0.3 is 10.6 Å². The smallest absolute Gasteiger partial charge is 0.224 e. The average molecular weight is 247 g/mol. The van der Waals surface area contributed by atoms with Crippen LogP contribution in [-0.4, -0.2) is 28.5 Å². The molecule has 0 saturated carbocycles. The van der Waals surface area contributed by atoms with Crippen LogP contribution in [-0.2, 0) is 4.79 Å². The number of hydrogen-bond acceptors (Lipinski definition) is 4. The molecule has 1 aromatic rings. The van der Waals surface area contributed by atoms with Gasteiger partial charge in [-0.1, -0.05) is 11.6 Å². The van der Waals surface area contributed by atoms with E-state index < -0.39 is 0 Å². The molecule has 1 aromatic heterocycles. The van der Waals surface area contributed by atoms with Crippen molar-refractivity contribution in [3.63, 3.8) is 0 Å². The van der Waals surface area contributed by atoms with E-state index in [1.807, 2.05) is 0 Å². The molecule has 0 bridgehead atoms. The highest BCUT2D eigenvalue weighted by molar-refractivity contribution is 6.33. The van der Waals surface area contributed by atoms with Crippen molar-refractivity contribution in [3.05, 3.63) is 16.5 Å². The van der Waals surface area contributed by atoms with Gasteiger partial charge in [0.2, 0.25) is 11.2 Å². The fourth-order valence-electron chi connectivity index (χ4n) is 1.35. The van der Waals surface area contributed by atoms with E-state index in [9.17, 15) is 4.79 Å². The summed E-state index contributed by atoms with van der Waals surface area (Å²) in [6, 6.07) is 0.000895. The Labute approximate surface area is 96.2 Å². The summed E-state index contributed by atoms with van der Waals surface area (Å²) >= 11 is 11.5. The Morgan fingerprint density at radius 1 is 1.53 bits per heavy atom. The number of carbonyl (C=O) groups excluding carboxylic acids is 1. The van der Waals surface area contributed by atoms with Crippen LogP contribution < -0.4 is 10.6 Å². The van der Waals surface area contributed by atoms with Crippen molar-refractivity contribution >= 4 is 34.9 Å². The summed E-state index contributed by atoms with van der Waals surface area (Å²) in [5, 5.41) is 6.24. The normalized spacial score (nSPS) is 20.1. The number of aromatic nitrogens is 2. The molecule has 1 atom stereocenters. The summed E-state index contributed by atoms with van der Waals surface area (Å²) in [5.41, 5.74) is 0. The Morgan fingerprint density at radius 2 is 2.33 bits per heavy atom. The SMILES string of the molecule is O=C1CC(Nc2nc(Cl)ncc2Cl)CN1. The Hall–Kier alpha value is -1.07. The molecule has 1 amide bonds. The van der Waals surface area contributed by atoms with Gasteiger partial charge in [-0.25, -0.2) is 4.98 Å². The average Bonchev–Trinajstić information content (AvgIpc) is 2.58. The Bertz CT molecular complexity index is 398. The third-order valence-corrected chi connectivity index (χ3v) is 2.49. The van der Waals surface area contributed by atoms with Gasteiger partial charge in [0.15, 0.2) is 0 Å². The van der Waals surface area contributed by atoms with E-state index in [2.05, 4.69) is 20.6 Å². The summed E-state index contributed by atoms with van der Waals surface area (Å²) < 4.78 is 0. The first-order chi connectivity index (χ1) is 7.15. The zero-order valence-corrected chi connectivity index (χ0v) is 9.14. The van der Waals surface area contributed by atoms with E-state index >= 15 is 0 Å². The molecule has 2 N–H and O–H groups in total. The number of nitrogens with one attached hydrogen (secondary N) is 2. The first kappa shape index (κ1) is 10.4. The van der Waals surface area contributed by atoms with Crippen molar-refractivity contribution in [1.29, 1.82) is 0 Å². The molecule has 1 fully saturated rings. The minimum absolute atomic E-state index is 0.000895. The van der Waals surface area contributed by atoms with Gasteiger partial charge in [-0.15, -0.1) is 0 Å². The molecule has 2 heterocycles. The van der Waals surface area contributed by atoms with Gasteiger partial charge in [0.25, 0.3) is 0 Å². The standard InChI is InChI=1S/C8H8Cl2N4O/c9-5-3-12-8(10)14-7(5)13-4-1-6(15)11-2-4/h3-4H,1-2H2,(H,11,15)(H,12,13,14). The highest BCUT2D eigenvalue weighted by atomic mass is 35.5. The maximum Gasteiger partial charge on any atom is 0.224 e. The number of hydrogen-bond donors (Lipinski definition) is 2. The van der Waals surface area contributed by atoms with Gasteiger partial charge in [-0.3, -0.25) is 4.79 Å². The van der Waals surface area contributed by atoms with E-state index in [1.165, 1.54) is 6.20 Å². The molecule has 0 spiro atoms. The Kier molecular flexibility index (Phi) is 2.93. The molecule has 0 aliphatic carbocycles. The molecule has 1 saturated heterocycles. The van der Waals surface area contributed by atoms with Crippen LogP contribution in [0.25, 0.3) is 0 Å². The van der Waals surface area contributed by atoms with Gasteiger partial charge >= 0.3 is 0 Å². The number of nitrogens with zero attached hydrogens (tertiary/aromatic N) is 2. The van der Waals surface area contributed by atoms with Gasteiger partial charge in [-0.2, -0.15) is 4.98 Å². The van der Waals surface area contributed by atoms with Crippen LogP contribution in [0.3, 0.4) is 0 Å². The van der Waals surface area contributed by atoms with Gasteiger partial charge in [0, 0.05) is 13.0 Å². The molecule has 1 unspecified atom stereocenters. The van der Waals surface area contributed by atoms with Crippen molar-refractivity contribution in [1.82, 2.24) is 15.3 Å². The summed E-state index contributed by atoms with van der Waals surface area (Å²) in [7, 11) is 0. The predicted octanol–water partition coefficient (Wildman–Crippen LogP) is 1.08. The first-order valence-corrected chi connectivity index (χ1v) is 5.12. The van der Waals surface area contributed by atoms with Gasteiger partial charge in [0.05, 0.1) is 12.2 Å². The number of carbonyl (C=O) groups is 1. The topological polar surface area (TPSA) is 66.9 Å². The van der Waals surface area contributed by atoms with Crippen molar-refractivity contribution in [3.8, 4) is 0 Å². The summed E-state index contributed by atoms with van der Waals surface area (Å²) in [4.78, 5) is 18.6. The first-order valence-electron chi connectivity index (χ1n) is 4.36. The molecule has 15 heavy (non-hydrogen) atoms. The van der Waals surface area contributed by atoms with E-state index in [1.54, 1.807) is 0 Å². The second-order valence-corrected chi connectivity index (χ2v) is 3.93. The van der Waals surface area contributed by atoms with Crippen molar-refractivity contribution < 1.29 is 4.79 Å². The lowest BCUT2D eigenvalue weighted by molar-refractivity contribution is -0.119. The van der Waals surface area contributed by atoms with Crippen LogP contribution in [0.1, 0.15) is 6.42 Å². The molecule has 7 heteroatoms. The zero-order chi connectivity index (χ0) is 10.8. The lowest BCUT2D eigenvalue weighted by atomic mass is 10.2. The van der Waals surface area contributed by atoms with E-state index in [-0.39, 0.29) is 17.2 Å². The number of halogens is 2. The van der Waals surface area contributed by atoms with Crippen LogP contribution in [0.2, 0.25) is 10.3 Å². The summed E-state index contributed by atoms with van der Waals surface area (Å²) in [5.74, 6) is 0.474. The summed E-state index contributed by atoms with van der Waals surface area (Å²) in [6.07, 6.45) is 1.83. The maximum absolute atomic E-state index is 11.0. The van der Waals surface area contributed by atoms with E-state index in [4.69, 9.17) is 23.2 Å². The number of amides is 1. The second kappa shape index (κ2) is 4.20. The van der Waals surface area contributed by atoms with Crippen molar-refractivity contribution in [2.45, 2.75) is 12.5 Å². The van der Waals surface area contributed by atoms with Crippen LogP contribution in [0.5, 0.6) is 0 Å². The Morgan fingerprint density at radius 3 is 3.00 bits per heavy atom. The molecule has 1 aliphatic rings. The van der Waals surface area contributed by atoms with Crippen LogP contribution in [0, 0.1) is 0 Å². The molecular weight excluding hydrogens is 239 g/mol. The van der Waals surface area contributed by atoms with Crippen molar-refractivity contribution in [2.75, 3.05) is 11.9 Å². The lowest BCUT2D eigenvalue weighted by Gasteiger charge is -2.11. The molecule has 0 radical (unpaired) electrons. The molecule has 1 aliphatic heterocycles. The van der Waals surface area contributed by atoms with E-state index in [0.717, 1.165) is 0 Å². The fourth-order valence-corrected chi connectivity index (χ4v) is 1.63. The molecule has 5 nitrogen and oxygen atoms in total. The molecule has 0 aromatic carbocycles. The fraction of sp³-hybridized carbons (Fsp3) is 0.375. The minimum atomic E-state index is 0.000895. The largest absolute Gasteiger partial charge is 0.364 e. The van der Waals surface area contributed by atoms with E-state index in [0.29, 0.717) is 23.8 Å². The molecule has 2 rings (SSSR count). The van der Waals surface area contributed by atoms with Gasteiger partial charge in [0.1, 0.15) is 10.8 Å². The number of anilines is 1. The quantitative estimate of drug-likeness (QED) is 0.767. The van der Waals surface area contributed by atoms with Crippen molar-refractivity contribution in [2.24, 2.45) is 0 Å². The molecule has 80 valence electrons. The second-order valence-electron chi connectivity index (χ2n) is 3.19. The maximum atomic E-state index is 11.0. The summed E-state index contributed by atoms with van der Waals surface area (Å²) in [6.45, 7) is 0.566. The highest BCUT2D eigenvalue weighted by Gasteiger charge is 2.22. The third kappa shape index (κ3) is 2.49. The number of rotatable bonds is 2. The zero-order valence-electron chi connectivity index (χ0n) is 7.63.